The van der Waals surface area contributed by atoms with Crippen LogP contribution < -0.4 is 4.52 Å². The summed E-state index contributed by atoms with van der Waals surface area (Å²) in [5.74, 6) is -1.64. The zero-order chi connectivity index (χ0) is 10.1. The van der Waals surface area contributed by atoms with E-state index in [2.05, 4.69) is 4.52 Å². The number of benzene rings is 1. The van der Waals surface area contributed by atoms with Crippen molar-refractivity contribution in [3.05, 3.63) is 29.6 Å². The second-order valence-electron chi connectivity index (χ2n) is 2.44. The minimum atomic E-state index is -5.67. The molecule has 6 heteroatoms. The molecule has 0 spiro atoms. The van der Waals surface area contributed by atoms with E-state index in [4.69, 9.17) is 0 Å². The van der Waals surface area contributed by atoms with Gasteiger partial charge in [0.05, 0.1) is 0 Å². The summed E-state index contributed by atoms with van der Waals surface area (Å²) >= 11 is 0. The second-order valence-corrected chi connectivity index (χ2v) is 3.45. The van der Waals surface area contributed by atoms with Crippen LogP contribution in [0.2, 0.25) is 0 Å². The highest BCUT2D eigenvalue weighted by atomic mass is 31.2. The maximum absolute atomic E-state index is 12.8. The average Bonchev–Trinajstić information content (AvgIpc) is 1.93. The molecule has 1 aromatic carbocycles. The maximum atomic E-state index is 12.8. The third-order valence-corrected chi connectivity index (χ3v) is 1.70. The Morgan fingerprint density at radius 2 is 2.00 bits per heavy atom. The summed E-state index contributed by atoms with van der Waals surface area (Å²) < 4.78 is 50.0. The average molecular weight is 210 g/mol. The lowest BCUT2D eigenvalue weighted by atomic mass is 10.2. The van der Waals surface area contributed by atoms with Crippen LogP contribution in [0.15, 0.2) is 18.2 Å². The Morgan fingerprint density at radius 1 is 1.38 bits per heavy atom. The van der Waals surface area contributed by atoms with E-state index >= 15 is 0 Å². The summed E-state index contributed by atoms with van der Waals surface area (Å²) in [5.41, 5.74) is 0.567. The van der Waals surface area contributed by atoms with Crippen LogP contribution in [0.5, 0.6) is 5.75 Å². The monoisotopic (exact) mass is 210 g/mol. The zero-order valence-electron chi connectivity index (χ0n) is 6.63. The van der Waals surface area contributed by atoms with Crippen molar-refractivity contribution >= 4 is 7.99 Å². The van der Waals surface area contributed by atoms with Gasteiger partial charge in [0.1, 0.15) is 0 Å². The molecule has 0 aromatic heterocycles. The lowest BCUT2D eigenvalue weighted by Gasteiger charge is -2.04. The van der Waals surface area contributed by atoms with Crippen molar-refractivity contribution in [1.82, 2.24) is 0 Å². The summed E-state index contributed by atoms with van der Waals surface area (Å²) in [6, 6.07) is 3.41. The molecule has 0 aliphatic rings. The highest BCUT2D eigenvalue weighted by Gasteiger charge is 2.24. The molecule has 0 radical (unpaired) electrons. The molecule has 1 rings (SSSR count). The SMILES string of the molecule is Cc1ccc(OP(=O)(F)F)c(F)c1. The Kier molecular flexibility index (Phi) is 2.66. The first-order chi connectivity index (χ1) is 5.88. The van der Waals surface area contributed by atoms with Crippen LogP contribution in [-0.2, 0) is 4.57 Å². The molecule has 13 heavy (non-hydrogen) atoms. The van der Waals surface area contributed by atoms with Crippen LogP contribution in [-0.4, -0.2) is 0 Å². The first-order valence-corrected chi connectivity index (χ1v) is 4.74. The highest BCUT2D eigenvalue weighted by Crippen LogP contribution is 2.50. The second kappa shape index (κ2) is 3.42. The molecule has 0 unspecified atom stereocenters. The van der Waals surface area contributed by atoms with Gasteiger partial charge in [-0.1, -0.05) is 6.07 Å². The molecule has 0 saturated carbocycles. The molecule has 0 aliphatic carbocycles. The molecule has 0 amide bonds. The van der Waals surface area contributed by atoms with Gasteiger partial charge in [-0.2, -0.15) is 0 Å². The smallest absolute Gasteiger partial charge is 0.395 e. The van der Waals surface area contributed by atoms with Crippen LogP contribution >= 0.6 is 7.99 Å². The van der Waals surface area contributed by atoms with E-state index in [1.54, 1.807) is 6.92 Å². The van der Waals surface area contributed by atoms with Crippen LogP contribution in [0, 0.1) is 12.7 Å². The summed E-state index contributed by atoms with van der Waals surface area (Å²) in [4.78, 5) is 0. The Balaban J connectivity index is 2.97. The van der Waals surface area contributed by atoms with Gasteiger partial charge in [-0.15, -0.1) is 8.39 Å². The number of hydrogen-bond donors (Lipinski definition) is 0. The fourth-order valence-electron chi connectivity index (χ4n) is 0.794. The van der Waals surface area contributed by atoms with Gasteiger partial charge >= 0.3 is 7.99 Å². The van der Waals surface area contributed by atoms with Gasteiger partial charge < -0.3 is 4.52 Å². The minimum Gasteiger partial charge on any atom is -0.395 e. The Hall–Kier alpha value is -0.960. The lowest BCUT2D eigenvalue weighted by molar-refractivity contribution is 0.372. The minimum absolute atomic E-state index is 0.567. The molecule has 0 N–H and O–H groups in total. The molecule has 0 saturated heterocycles. The Morgan fingerprint density at radius 3 is 2.46 bits per heavy atom. The van der Waals surface area contributed by atoms with Gasteiger partial charge in [-0.3, -0.25) is 0 Å². The van der Waals surface area contributed by atoms with Crippen LogP contribution in [0.25, 0.3) is 0 Å². The molecule has 0 aliphatic heterocycles. The third-order valence-electron chi connectivity index (χ3n) is 1.29. The fourth-order valence-corrected chi connectivity index (χ4v) is 1.17. The maximum Gasteiger partial charge on any atom is 0.610 e. The van der Waals surface area contributed by atoms with Crippen LogP contribution in [0.3, 0.4) is 0 Å². The predicted octanol–water partition coefficient (Wildman–Crippen LogP) is 3.56. The van der Waals surface area contributed by atoms with Crippen molar-refractivity contribution < 1.29 is 21.9 Å². The lowest BCUT2D eigenvalue weighted by Crippen LogP contribution is -1.88. The number of halogens is 3. The molecule has 0 atom stereocenters. The molecule has 1 aromatic rings. The molecule has 72 valence electrons. The normalized spacial score (nSPS) is 11.4. The third kappa shape index (κ3) is 3.11. The summed E-state index contributed by atoms with van der Waals surface area (Å²) in [5, 5.41) is 0. The number of rotatable bonds is 2. The van der Waals surface area contributed by atoms with Crippen LogP contribution in [0.4, 0.5) is 12.8 Å². The van der Waals surface area contributed by atoms with E-state index < -0.39 is 19.6 Å². The van der Waals surface area contributed by atoms with E-state index in [1.165, 1.54) is 6.07 Å². The van der Waals surface area contributed by atoms with Crippen LogP contribution in [0.1, 0.15) is 5.56 Å². The Labute approximate surface area is 73.0 Å². The quantitative estimate of drug-likeness (QED) is 0.697. The van der Waals surface area contributed by atoms with Crippen molar-refractivity contribution in [3.8, 4) is 5.75 Å². The number of aryl methyl sites for hydroxylation is 1. The van der Waals surface area contributed by atoms with E-state index in [1.807, 2.05) is 0 Å². The van der Waals surface area contributed by atoms with E-state index in [0.29, 0.717) is 5.56 Å². The van der Waals surface area contributed by atoms with E-state index in [-0.39, 0.29) is 0 Å². The summed E-state index contributed by atoms with van der Waals surface area (Å²) in [6.07, 6.45) is 0. The number of hydrogen-bond acceptors (Lipinski definition) is 2. The van der Waals surface area contributed by atoms with Crippen molar-refractivity contribution in [1.29, 1.82) is 0 Å². The predicted molar refractivity (Wildman–Crippen MR) is 41.6 cm³/mol. The molecular weight excluding hydrogens is 204 g/mol. The molecular formula is C7H6F3O2P. The van der Waals surface area contributed by atoms with E-state index in [9.17, 15) is 17.3 Å². The van der Waals surface area contributed by atoms with Crippen molar-refractivity contribution in [2.24, 2.45) is 0 Å². The van der Waals surface area contributed by atoms with Gasteiger partial charge in [0.2, 0.25) is 0 Å². The zero-order valence-corrected chi connectivity index (χ0v) is 7.52. The van der Waals surface area contributed by atoms with Gasteiger partial charge in [0, 0.05) is 0 Å². The Bertz CT molecular complexity index is 361. The van der Waals surface area contributed by atoms with Gasteiger partial charge in [-0.05, 0) is 24.6 Å². The van der Waals surface area contributed by atoms with Gasteiger partial charge in [0.25, 0.3) is 0 Å². The van der Waals surface area contributed by atoms with Gasteiger partial charge in [0.15, 0.2) is 11.6 Å². The molecule has 2 nitrogen and oxygen atoms in total. The van der Waals surface area contributed by atoms with Crippen molar-refractivity contribution in [3.63, 3.8) is 0 Å². The first kappa shape index (κ1) is 10.1. The topological polar surface area (TPSA) is 26.3 Å². The van der Waals surface area contributed by atoms with Gasteiger partial charge in [-0.25, -0.2) is 8.96 Å². The summed E-state index contributed by atoms with van der Waals surface area (Å²) in [7, 11) is -5.67. The largest absolute Gasteiger partial charge is 0.610 e. The fraction of sp³-hybridized carbons (Fsp3) is 0.143. The standard InChI is InChI=1S/C7H6F3O2P/c1-5-2-3-7(6(8)4-5)12-13(9,10)11/h2-4H,1H3. The van der Waals surface area contributed by atoms with E-state index in [0.717, 1.165) is 12.1 Å². The van der Waals surface area contributed by atoms with Crippen molar-refractivity contribution in [2.45, 2.75) is 6.92 Å². The molecule has 0 bridgehead atoms. The highest BCUT2D eigenvalue weighted by molar-refractivity contribution is 7.48. The molecule has 0 fully saturated rings. The first-order valence-electron chi connectivity index (χ1n) is 3.33. The van der Waals surface area contributed by atoms with Crippen molar-refractivity contribution in [2.75, 3.05) is 0 Å². The summed E-state index contributed by atoms with van der Waals surface area (Å²) in [6.45, 7) is 1.59. The molecule has 0 heterocycles.